The number of furan rings is 1. The maximum atomic E-state index is 6.73. The number of aromatic nitrogens is 1. The first kappa shape index (κ1) is 32.0. The second-order valence-electron chi connectivity index (χ2n) is 14.6. The standard InChI is InChI=1S/C51H32N4OS/c1-3-13-31(14-4-1)49-52-50(32-15-5-2-6-16-32)54-51(53-49)34-26-28-46-41(30-34)39-21-11-19-35(48(39)57-46)33-25-27-45-40(29-33)38-20-12-24-44(47(38)56-45)55-42-22-9-7-17-36(42)37-18-8-10-23-43(37)55/h1-30,49H,(H,52,53,54). The van der Waals surface area contributed by atoms with Crippen LogP contribution in [0.25, 0.3) is 80.7 Å². The molecule has 1 aliphatic rings. The van der Waals surface area contributed by atoms with Crippen molar-refractivity contribution < 1.29 is 4.42 Å². The summed E-state index contributed by atoms with van der Waals surface area (Å²) < 4.78 is 11.6. The molecule has 4 heterocycles. The Balaban J connectivity index is 0.969. The van der Waals surface area contributed by atoms with Gasteiger partial charge in [0.15, 0.2) is 11.4 Å². The number of amidine groups is 2. The fourth-order valence-electron chi connectivity index (χ4n) is 8.60. The number of hydrogen-bond donors (Lipinski definition) is 1. The van der Waals surface area contributed by atoms with Crippen molar-refractivity contribution in [3.05, 3.63) is 199 Å². The number of aliphatic imine (C=N–C) groups is 2. The van der Waals surface area contributed by atoms with Crippen LogP contribution < -0.4 is 5.32 Å². The molecule has 1 atom stereocenters. The predicted molar refractivity (Wildman–Crippen MR) is 238 cm³/mol. The van der Waals surface area contributed by atoms with Crippen molar-refractivity contribution in [2.24, 2.45) is 9.98 Å². The van der Waals surface area contributed by atoms with Crippen LogP contribution in [0.15, 0.2) is 196 Å². The van der Waals surface area contributed by atoms with E-state index in [1.807, 2.05) is 35.6 Å². The Hall–Kier alpha value is -7.28. The van der Waals surface area contributed by atoms with Crippen molar-refractivity contribution in [3.8, 4) is 16.8 Å². The Labute approximate surface area is 331 Å². The Morgan fingerprint density at radius 1 is 0.526 bits per heavy atom. The normalized spacial score (nSPS) is 14.5. The second kappa shape index (κ2) is 12.6. The molecular formula is C51H32N4OS. The number of benzene rings is 8. The highest BCUT2D eigenvalue weighted by Crippen LogP contribution is 2.43. The third-order valence-corrected chi connectivity index (χ3v) is 12.5. The van der Waals surface area contributed by atoms with Gasteiger partial charge in [0.1, 0.15) is 17.6 Å². The summed E-state index contributed by atoms with van der Waals surface area (Å²) in [7, 11) is 0. The molecule has 0 amide bonds. The molecule has 0 spiro atoms. The summed E-state index contributed by atoms with van der Waals surface area (Å²) >= 11 is 1.84. The van der Waals surface area contributed by atoms with Gasteiger partial charge in [0.05, 0.1) is 16.7 Å². The van der Waals surface area contributed by atoms with E-state index in [4.69, 9.17) is 14.4 Å². The molecule has 12 rings (SSSR count). The van der Waals surface area contributed by atoms with Crippen LogP contribution in [0.5, 0.6) is 0 Å². The van der Waals surface area contributed by atoms with Crippen LogP contribution in [-0.2, 0) is 0 Å². The number of nitrogens with zero attached hydrogens (tertiary/aromatic N) is 3. The Kier molecular flexibility index (Phi) is 7.09. The average molecular weight is 749 g/mol. The first-order chi connectivity index (χ1) is 28.2. The van der Waals surface area contributed by atoms with Crippen molar-refractivity contribution in [2.45, 2.75) is 6.17 Å². The monoisotopic (exact) mass is 748 g/mol. The van der Waals surface area contributed by atoms with Crippen molar-refractivity contribution in [1.29, 1.82) is 0 Å². The first-order valence-corrected chi connectivity index (χ1v) is 20.0. The molecule has 0 saturated carbocycles. The molecule has 3 aromatic heterocycles. The number of para-hydroxylation sites is 3. The first-order valence-electron chi connectivity index (χ1n) is 19.2. The van der Waals surface area contributed by atoms with Crippen LogP contribution in [0.2, 0.25) is 0 Å². The molecule has 0 saturated heterocycles. The van der Waals surface area contributed by atoms with Crippen molar-refractivity contribution in [3.63, 3.8) is 0 Å². The van der Waals surface area contributed by atoms with Crippen molar-refractivity contribution in [1.82, 2.24) is 9.88 Å². The zero-order chi connectivity index (χ0) is 37.5. The summed E-state index contributed by atoms with van der Waals surface area (Å²) in [5.41, 5.74) is 10.6. The summed E-state index contributed by atoms with van der Waals surface area (Å²) in [5, 5.41) is 10.8. The van der Waals surface area contributed by atoms with Gasteiger partial charge in [-0.15, -0.1) is 11.3 Å². The number of thiophene rings is 1. The van der Waals surface area contributed by atoms with E-state index < -0.39 is 0 Å². The van der Waals surface area contributed by atoms with E-state index in [1.54, 1.807) is 0 Å². The van der Waals surface area contributed by atoms with Crippen LogP contribution in [0.1, 0.15) is 22.9 Å². The lowest BCUT2D eigenvalue weighted by molar-refractivity contribution is 0.666. The minimum Gasteiger partial charge on any atom is -0.454 e. The molecule has 1 aliphatic heterocycles. The lowest BCUT2D eigenvalue weighted by Crippen LogP contribution is -2.33. The maximum absolute atomic E-state index is 6.73. The van der Waals surface area contributed by atoms with Gasteiger partial charge < -0.3 is 14.3 Å². The Morgan fingerprint density at radius 2 is 1.19 bits per heavy atom. The lowest BCUT2D eigenvalue weighted by Gasteiger charge is -2.23. The smallest absolute Gasteiger partial charge is 0.159 e. The molecule has 1 N–H and O–H groups in total. The molecule has 5 nitrogen and oxygen atoms in total. The number of nitrogens with one attached hydrogen (secondary N) is 1. The molecule has 8 aromatic carbocycles. The van der Waals surface area contributed by atoms with E-state index in [0.29, 0.717) is 0 Å². The third-order valence-electron chi connectivity index (χ3n) is 11.3. The highest BCUT2D eigenvalue weighted by molar-refractivity contribution is 7.26. The molecule has 0 aliphatic carbocycles. The number of hydrogen-bond acceptors (Lipinski definition) is 5. The Morgan fingerprint density at radius 3 is 2.00 bits per heavy atom. The average Bonchev–Trinajstić information content (AvgIpc) is 3.96. The minimum atomic E-state index is -0.248. The number of rotatable bonds is 5. The number of fused-ring (bicyclic) bond motifs is 9. The van der Waals surface area contributed by atoms with Gasteiger partial charge >= 0.3 is 0 Å². The SMILES string of the molecule is c1ccc(C2=NC(c3ccccc3)NC(c3ccc4sc5c(-c6ccc7oc8c(-n9c%10ccccc%10c%10ccccc%109)cccc8c7c6)cccc5c4c3)=N2)cc1. The van der Waals surface area contributed by atoms with Gasteiger partial charge in [-0.3, -0.25) is 0 Å². The fraction of sp³-hybridized carbons (Fsp3) is 0.0196. The fourth-order valence-corrected chi connectivity index (χ4v) is 9.82. The quantitative estimate of drug-likeness (QED) is 0.191. The molecule has 0 fully saturated rings. The zero-order valence-corrected chi connectivity index (χ0v) is 31.4. The molecule has 1 unspecified atom stereocenters. The van der Waals surface area contributed by atoms with E-state index in [2.05, 4.69) is 168 Å². The van der Waals surface area contributed by atoms with Gasteiger partial charge in [-0.05, 0) is 65.2 Å². The van der Waals surface area contributed by atoms with E-state index in [9.17, 15) is 0 Å². The van der Waals surface area contributed by atoms with Gasteiger partial charge in [-0.1, -0.05) is 133 Å². The van der Waals surface area contributed by atoms with Crippen LogP contribution in [0.4, 0.5) is 0 Å². The molecule has 6 heteroatoms. The highest BCUT2D eigenvalue weighted by atomic mass is 32.1. The van der Waals surface area contributed by atoms with Gasteiger partial charge in [0.25, 0.3) is 0 Å². The van der Waals surface area contributed by atoms with Crippen LogP contribution >= 0.6 is 11.3 Å². The van der Waals surface area contributed by atoms with Gasteiger partial charge in [0, 0.05) is 52.8 Å². The maximum Gasteiger partial charge on any atom is 0.159 e. The molecule has 268 valence electrons. The van der Waals surface area contributed by atoms with Crippen molar-refractivity contribution >= 4 is 86.9 Å². The summed E-state index contributed by atoms with van der Waals surface area (Å²) in [6, 6.07) is 64.3. The summed E-state index contributed by atoms with van der Waals surface area (Å²) in [6.45, 7) is 0. The third kappa shape index (κ3) is 5.08. The minimum absolute atomic E-state index is 0.248. The molecule has 11 aromatic rings. The summed E-state index contributed by atoms with van der Waals surface area (Å²) in [6.07, 6.45) is -0.248. The van der Waals surface area contributed by atoms with Crippen LogP contribution in [0, 0.1) is 0 Å². The van der Waals surface area contributed by atoms with E-state index in [0.717, 1.165) is 61.6 Å². The lowest BCUT2D eigenvalue weighted by atomic mass is 10.00. The van der Waals surface area contributed by atoms with E-state index in [1.165, 1.54) is 47.5 Å². The van der Waals surface area contributed by atoms with Crippen LogP contribution in [0.3, 0.4) is 0 Å². The molecule has 0 radical (unpaired) electrons. The summed E-state index contributed by atoms with van der Waals surface area (Å²) in [4.78, 5) is 10.1. The van der Waals surface area contributed by atoms with Gasteiger partial charge in [0.2, 0.25) is 0 Å². The van der Waals surface area contributed by atoms with E-state index >= 15 is 0 Å². The topological polar surface area (TPSA) is 54.8 Å². The largest absolute Gasteiger partial charge is 0.454 e. The zero-order valence-electron chi connectivity index (χ0n) is 30.6. The van der Waals surface area contributed by atoms with E-state index in [-0.39, 0.29) is 6.17 Å². The van der Waals surface area contributed by atoms with Crippen molar-refractivity contribution in [2.75, 3.05) is 0 Å². The van der Waals surface area contributed by atoms with Crippen LogP contribution in [-0.4, -0.2) is 16.2 Å². The molecule has 0 bridgehead atoms. The second-order valence-corrected chi connectivity index (χ2v) is 15.6. The predicted octanol–water partition coefficient (Wildman–Crippen LogP) is 13.2. The molecule has 57 heavy (non-hydrogen) atoms. The molecular weight excluding hydrogens is 717 g/mol. The van der Waals surface area contributed by atoms with Gasteiger partial charge in [-0.25, -0.2) is 9.98 Å². The van der Waals surface area contributed by atoms with Gasteiger partial charge in [-0.2, -0.15) is 0 Å². The summed E-state index contributed by atoms with van der Waals surface area (Å²) in [5.74, 6) is 1.53. The Bertz CT molecular complexity index is 3390. The highest BCUT2D eigenvalue weighted by Gasteiger charge is 2.23.